The number of rotatable bonds is 2. The van der Waals surface area contributed by atoms with Crippen molar-refractivity contribution >= 4 is 28.8 Å². The van der Waals surface area contributed by atoms with Gasteiger partial charge in [-0.05, 0) is 42.3 Å². The van der Waals surface area contributed by atoms with Crippen LogP contribution in [-0.2, 0) is 5.88 Å². The fourth-order valence-electron chi connectivity index (χ4n) is 2.05. The lowest BCUT2D eigenvalue weighted by Gasteiger charge is -2.00. The van der Waals surface area contributed by atoms with E-state index < -0.39 is 0 Å². The fourth-order valence-corrected chi connectivity index (χ4v) is 2.33. The van der Waals surface area contributed by atoms with E-state index in [1.807, 2.05) is 54.0 Å². The van der Waals surface area contributed by atoms with Crippen molar-refractivity contribution in [3.8, 4) is 11.3 Å². The number of benzene rings is 1. The molecule has 3 rings (SSSR count). The molecule has 0 aliphatic rings. The third-order valence-electron chi connectivity index (χ3n) is 3.13. The highest BCUT2D eigenvalue weighted by Crippen LogP contribution is 2.24. The first-order chi connectivity index (χ1) is 9.17. The summed E-state index contributed by atoms with van der Waals surface area (Å²) >= 11 is 11.9. The summed E-state index contributed by atoms with van der Waals surface area (Å²) in [6.45, 7) is 1.99. The minimum atomic E-state index is 0.499. The maximum absolute atomic E-state index is 6.05. The van der Waals surface area contributed by atoms with Crippen LogP contribution in [-0.4, -0.2) is 9.38 Å². The van der Waals surface area contributed by atoms with Crippen LogP contribution in [0.5, 0.6) is 0 Å². The second kappa shape index (κ2) is 4.87. The van der Waals surface area contributed by atoms with Gasteiger partial charge in [-0.15, -0.1) is 11.6 Å². The van der Waals surface area contributed by atoms with Gasteiger partial charge in [0, 0.05) is 28.9 Å². The van der Waals surface area contributed by atoms with Gasteiger partial charge in [0.1, 0.15) is 5.65 Å². The summed E-state index contributed by atoms with van der Waals surface area (Å²) in [6, 6.07) is 9.93. The van der Waals surface area contributed by atoms with Crippen LogP contribution in [0, 0.1) is 6.92 Å². The van der Waals surface area contributed by atoms with E-state index in [9.17, 15) is 0 Å². The number of alkyl halides is 1. The Balaban J connectivity index is 2.11. The number of pyridine rings is 1. The number of hydrogen-bond acceptors (Lipinski definition) is 1. The number of hydrogen-bond donors (Lipinski definition) is 0. The molecule has 0 bridgehead atoms. The average molecular weight is 291 g/mol. The second-order valence-corrected chi connectivity index (χ2v) is 5.20. The van der Waals surface area contributed by atoms with E-state index in [0.29, 0.717) is 5.88 Å². The first-order valence-electron chi connectivity index (χ1n) is 5.97. The number of aromatic nitrogens is 2. The second-order valence-electron chi connectivity index (χ2n) is 4.52. The third-order valence-corrected chi connectivity index (χ3v) is 3.87. The van der Waals surface area contributed by atoms with E-state index in [-0.39, 0.29) is 0 Å². The zero-order chi connectivity index (χ0) is 13.4. The van der Waals surface area contributed by atoms with Crippen LogP contribution in [0.2, 0.25) is 5.02 Å². The SMILES string of the molecule is Cc1cc(-c2cn3ccc(CCl)cc3n2)ccc1Cl. The summed E-state index contributed by atoms with van der Waals surface area (Å²) in [4.78, 5) is 4.62. The van der Waals surface area contributed by atoms with Crippen molar-refractivity contribution in [2.24, 2.45) is 0 Å². The number of aryl methyl sites for hydroxylation is 1. The van der Waals surface area contributed by atoms with Crippen molar-refractivity contribution < 1.29 is 0 Å². The van der Waals surface area contributed by atoms with Gasteiger partial charge in [-0.1, -0.05) is 17.7 Å². The van der Waals surface area contributed by atoms with Gasteiger partial charge in [0.15, 0.2) is 0 Å². The van der Waals surface area contributed by atoms with Gasteiger partial charge in [-0.25, -0.2) is 4.98 Å². The molecule has 3 aromatic rings. The smallest absolute Gasteiger partial charge is 0.137 e. The Kier molecular flexibility index (Phi) is 3.21. The Morgan fingerprint density at radius 1 is 1.21 bits per heavy atom. The molecule has 96 valence electrons. The Bertz CT molecular complexity index is 747. The Morgan fingerprint density at radius 3 is 2.79 bits per heavy atom. The highest BCUT2D eigenvalue weighted by molar-refractivity contribution is 6.31. The van der Waals surface area contributed by atoms with Gasteiger partial charge >= 0.3 is 0 Å². The van der Waals surface area contributed by atoms with Crippen LogP contribution < -0.4 is 0 Å². The topological polar surface area (TPSA) is 17.3 Å². The van der Waals surface area contributed by atoms with Crippen LogP contribution in [0.3, 0.4) is 0 Å². The largest absolute Gasteiger partial charge is 0.306 e. The molecule has 0 aliphatic carbocycles. The van der Waals surface area contributed by atoms with Gasteiger partial charge in [0.25, 0.3) is 0 Å². The lowest BCUT2D eigenvalue weighted by molar-refractivity contribution is 1.16. The zero-order valence-electron chi connectivity index (χ0n) is 10.4. The number of nitrogens with zero attached hydrogens (tertiary/aromatic N) is 2. The van der Waals surface area contributed by atoms with Crippen LogP contribution in [0.1, 0.15) is 11.1 Å². The molecule has 0 fully saturated rings. The first kappa shape index (κ1) is 12.5. The van der Waals surface area contributed by atoms with Crippen molar-refractivity contribution in [2.75, 3.05) is 0 Å². The van der Waals surface area contributed by atoms with E-state index in [2.05, 4.69) is 4.98 Å². The molecule has 0 saturated heterocycles. The van der Waals surface area contributed by atoms with E-state index in [4.69, 9.17) is 23.2 Å². The van der Waals surface area contributed by atoms with E-state index in [0.717, 1.165) is 33.1 Å². The van der Waals surface area contributed by atoms with Crippen LogP contribution in [0.15, 0.2) is 42.7 Å². The summed E-state index contributed by atoms with van der Waals surface area (Å²) in [6.07, 6.45) is 3.99. The van der Waals surface area contributed by atoms with Gasteiger partial charge in [-0.3, -0.25) is 0 Å². The summed E-state index contributed by atoms with van der Waals surface area (Å²) in [5.74, 6) is 0.499. The molecule has 19 heavy (non-hydrogen) atoms. The summed E-state index contributed by atoms with van der Waals surface area (Å²) in [5, 5.41) is 0.775. The summed E-state index contributed by atoms with van der Waals surface area (Å²) < 4.78 is 2.00. The van der Waals surface area contributed by atoms with Gasteiger partial charge in [0.05, 0.1) is 5.69 Å². The van der Waals surface area contributed by atoms with Gasteiger partial charge < -0.3 is 4.40 Å². The number of halogens is 2. The van der Waals surface area contributed by atoms with Crippen molar-refractivity contribution in [1.82, 2.24) is 9.38 Å². The summed E-state index contributed by atoms with van der Waals surface area (Å²) in [5.41, 5.74) is 5.03. The molecule has 0 saturated carbocycles. The molecule has 1 aromatic carbocycles. The Morgan fingerprint density at radius 2 is 2.05 bits per heavy atom. The average Bonchev–Trinajstić information content (AvgIpc) is 2.84. The van der Waals surface area contributed by atoms with E-state index in [1.54, 1.807) is 0 Å². The van der Waals surface area contributed by atoms with Gasteiger partial charge in [0.2, 0.25) is 0 Å². The molecule has 2 nitrogen and oxygen atoms in total. The standard InChI is InChI=1S/C15H12Cl2N2/c1-10-6-12(2-3-13(10)17)14-9-19-5-4-11(8-16)7-15(19)18-14/h2-7,9H,8H2,1H3. The molecular formula is C15H12Cl2N2. The van der Waals surface area contributed by atoms with Gasteiger partial charge in [-0.2, -0.15) is 0 Å². The molecule has 0 radical (unpaired) electrons. The lowest BCUT2D eigenvalue weighted by Crippen LogP contribution is -1.84. The molecular weight excluding hydrogens is 279 g/mol. The monoisotopic (exact) mass is 290 g/mol. The highest BCUT2D eigenvalue weighted by Gasteiger charge is 2.06. The first-order valence-corrected chi connectivity index (χ1v) is 6.89. The van der Waals surface area contributed by atoms with E-state index >= 15 is 0 Å². The maximum Gasteiger partial charge on any atom is 0.137 e. The normalized spacial score (nSPS) is 11.1. The molecule has 0 aliphatic heterocycles. The molecule has 0 unspecified atom stereocenters. The molecule has 0 N–H and O–H groups in total. The van der Waals surface area contributed by atoms with Crippen molar-refractivity contribution in [3.05, 3.63) is 58.9 Å². The Hall–Kier alpha value is -1.51. The lowest BCUT2D eigenvalue weighted by atomic mass is 10.1. The number of imidazole rings is 1. The Labute approximate surface area is 121 Å². The van der Waals surface area contributed by atoms with Crippen LogP contribution >= 0.6 is 23.2 Å². The minimum Gasteiger partial charge on any atom is -0.306 e. The van der Waals surface area contributed by atoms with Crippen LogP contribution in [0.25, 0.3) is 16.9 Å². The highest BCUT2D eigenvalue weighted by atomic mass is 35.5. The zero-order valence-corrected chi connectivity index (χ0v) is 11.9. The van der Waals surface area contributed by atoms with E-state index in [1.165, 1.54) is 0 Å². The number of fused-ring (bicyclic) bond motifs is 1. The third kappa shape index (κ3) is 2.34. The van der Waals surface area contributed by atoms with Crippen LogP contribution in [0.4, 0.5) is 0 Å². The predicted octanol–water partition coefficient (Wildman–Crippen LogP) is 4.70. The minimum absolute atomic E-state index is 0.499. The molecule has 0 atom stereocenters. The van der Waals surface area contributed by atoms with Crippen molar-refractivity contribution in [1.29, 1.82) is 0 Å². The van der Waals surface area contributed by atoms with Crippen molar-refractivity contribution in [3.63, 3.8) is 0 Å². The summed E-state index contributed by atoms with van der Waals surface area (Å²) in [7, 11) is 0. The molecule has 2 aromatic heterocycles. The quantitative estimate of drug-likeness (QED) is 0.625. The predicted molar refractivity (Wildman–Crippen MR) is 79.9 cm³/mol. The molecule has 2 heterocycles. The van der Waals surface area contributed by atoms with Crippen molar-refractivity contribution in [2.45, 2.75) is 12.8 Å². The molecule has 4 heteroatoms. The molecule has 0 amide bonds. The fraction of sp³-hybridized carbons (Fsp3) is 0.133. The molecule has 0 spiro atoms. The maximum atomic E-state index is 6.05.